The molecule has 5 nitrogen and oxygen atoms in total. The topological polar surface area (TPSA) is 69.6 Å². The Morgan fingerprint density at radius 2 is 2.11 bits per heavy atom. The number of hydrogen-bond donors (Lipinski definition) is 2. The van der Waals surface area contributed by atoms with Crippen LogP contribution in [-0.4, -0.2) is 48.1 Å². The first kappa shape index (κ1) is 14.1. The minimum Gasteiger partial charge on any atom is -0.481 e. The van der Waals surface area contributed by atoms with E-state index in [0.717, 1.165) is 30.7 Å². The van der Waals surface area contributed by atoms with E-state index in [0.29, 0.717) is 25.9 Å². The van der Waals surface area contributed by atoms with Crippen LogP contribution in [0, 0.1) is 5.41 Å². The van der Waals surface area contributed by atoms with Crippen LogP contribution >= 0.6 is 0 Å². The predicted molar refractivity (Wildman–Crippen MR) is 71.7 cm³/mol. The number of carboxylic acid groups (broad SMARTS) is 1. The van der Waals surface area contributed by atoms with Crippen LogP contribution < -0.4 is 5.32 Å². The SMILES string of the molecule is CCC1(C(=O)O)CCCN(C(=O)C(C)=C2CNC2)C1. The van der Waals surface area contributed by atoms with Gasteiger partial charge in [-0.3, -0.25) is 9.59 Å². The summed E-state index contributed by atoms with van der Waals surface area (Å²) in [7, 11) is 0. The van der Waals surface area contributed by atoms with Crippen molar-refractivity contribution in [2.45, 2.75) is 33.1 Å². The van der Waals surface area contributed by atoms with Gasteiger partial charge in [0.2, 0.25) is 5.91 Å². The fourth-order valence-electron chi connectivity index (χ4n) is 2.82. The molecule has 0 radical (unpaired) electrons. The molecule has 2 aliphatic heterocycles. The van der Waals surface area contributed by atoms with Crippen molar-refractivity contribution in [2.75, 3.05) is 26.2 Å². The van der Waals surface area contributed by atoms with Crippen LogP contribution in [-0.2, 0) is 9.59 Å². The fourth-order valence-corrected chi connectivity index (χ4v) is 2.82. The molecule has 0 aromatic carbocycles. The third-order valence-corrected chi connectivity index (χ3v) is 4.52. The van der Waals surface area contributed by atoms with Gasteiger partial charge in [0, 0.05) is 31.8 Å². The third kappa shape index (κ3) is 2.52. The van der Waals surface area contributed by atoms with E-state index in [9.17, 15) is 14.7 Å². The molecule has 0 aromatic rings. The molecule has 5 heteroatoms. The molecule has 0 aliphatic carbocycles. The highest BCUT2D eigenvalue weighted by Crippen LogP contribution is 2.34. The van der Waals surface area contributed by atoms with Crippen molar-refractivity contribution < 1.29 is 14.7 Å². The number of nitrogens with zero attached hydrogens (tertiary/aromatic N) is 1. The maximum Gasteiger partial charge on any atom is 0.311 e. The van der Waals surface area contributed by atoms with Gasteiger partial charge in [0.05, 0.1) is 5.41 Å². The minimum absolute atomic E-state index is 0.00951. The third-order valence-electron chi connectivity index (χ3n) is 4.52. The lowest BCUT2D eigenvalue weighted by Crippen LogP contribution is -2.50. The Hall–Kier alpha value is -1.36. The highest BCUT2D eigenvalue weighted by molar-refractivity contribution is 5.94. The molecule has 2 rings (SSSR count). The minimum atomic E-state index is -0.775. The molecule has 2 N–H and O–H groups in total. The molecule has 2 aliphatic rings. The van der Waals surface area contributed by atoms with Crippen molar-refractivity contribution in [3.8, 4) is 0 Å². The second kappa shape index (κ2) is 5.33. The van der Waals surface area contributed by atoms with E-state index in [4.69, 9.17) is 0 Å². The van der Waals surface area contributed by atoms with E-state index in [1.807, 2.05) is 13.8 Å². The van der Waals surface area contributed by atoms with Crippen LogP contribution in [0.5, 0.6) is 0 Å². The second-order valence-corrected chi connectivity index (χ2v) is 5.60. The normalized spacial score (nSPS) is 26.8. The average Bonchev–Trinajstić information content (AvgIpc) is 2.35. The lowest BCUT2D eigenvalue weighted by atomic mass is 9.77. The molecule has 2 saturated heterocycles. The Balaban J connectivity index is 2.13. The fraction of sp³-hybridized carbons (Fsp3) is 0.714. The first-order valence-corrected chi connectivity index (χ1v) is 6.92. The van der Waals surface area contributed by atoms with E-state index in [2.05, 4.69) is 5.32 Å². The molecule has 2 heterocycles. The number of carbonyl (C=O) groups excluding carboxylic acids is 1. The highest BCUT2D eigenvalue weighted by Gasteiger charge is 2.42. The Morgan fingerprint density at radius 3 is 2.58 bits per heavy atom. The number of likely N-dealkylation sites (tertiary alicyclic amines) is 1. The Bertz CT molecular complexity index is 424. The van der Waals surface area contributed by atoms with Gasteiger partial charge >= 0.3 is 5.97 Å². The van der Waals surface area contributed by atoms with E-state index in [1.165, 1.54) is 0 Å². The first-order chi connectivity index (χ1) is 9.00. The molecule has 0 bridgehead atoms. The summed E-state index contributed by atoms with van der Waals surface area (Å²) in [6.45, 7) is 6.32. The van der Waals surface area contributed by atoms with Crippen LogP contribution in [0.1, 0.15) is 33.1 Å². The lowest BCUT2D eigenvalue weighted by molar-refractivity contribution is -0.154. The van der Waals surface area contributed by atoms with Crippen LogP contribution in [0.2, 0.25) is 0 Å². The number of aliphatic carboxylic acids is 1. The Kier molecular flexibility index (Phi) is 3.94. The summed E-state index contributed by atoms with van der Waals surface area (Å²) in [5, 5.41) is 12.6. The summed E-state index contributed by atoms with van der Waals surface area (Å²) in [6.07, 6.45) is 2.01. The molecule has 0 aromatic heterocycles. The molecule has 1 amide bonds. The predicted octanol–water partition coefficient (Wildman–Crippen LogP) is 1.01. The number of amides is 1. The van der Waals surface area contributed by atoms with Gasteiger partial charge in [-0.25, -0.2) is 0 Å². The zero-order valence-electron chi connectivity index (χ0n) is 11.7. The van der Waals surface area contributed by atoms with Crippen LogP contribution in [0.25, 0.3) is 0 Å². The summed E-state index contributed by atoms with van der Waals surface area (Å²) in [5.74, 6) is -0.765. The van der Waals surface area contributed by atoms with E-state index < -0.39 is 11.4 Å². The Labute approximate surface area is 113 Å². The van der Waals surface area contributed by atoms with Gasteiger partial charge in [0.1, 0.15) is 0 Å². The molecule has 19 heavy (non-hydrogen) atoms. The summed E-state index contributed by atoms with van der Waals surface area (Å²) < 4.78 is 0. The van der Waals surface area contributed by atoms with Crippen molar-refractivity contribution in [1.29, 1.82) is 0 Å². The van der Waals surface area contributed by atoms with Gasteiger partial charge in [0.15, 0.2) is 0 Å². The molecular weight excluding hydrogens is 244 g/mol. The van der Waals surface area contributed by atoms with E-state index >= 15 is 0 Å². The highest BCUT2D eigenvalue weighted by atomic mass is 16.4. The maximum atomic E-state index is 12.4. The van der Waals surface area contributed by atoms with Crippen LogP contribution in [0.4, 0.5) is 0 Å². The number of rotatable bonds is 3. The van der Waals surface area contributed by atoms with Crippen molar-refractivity contribution in [3.05, 3.63) is 11.1 Å². The standard InChI is InChI=1S/C14H22N2O3/c1-3-14(13(18)19)5-4-6-16(9-14)12(17)10(2)11-7-15-8-11/h15H,3-9H2,1-2H3,(H,18,19). The van der Waals surface area contributed by atoms with Gasteiger partial charge in [-0.15, -0.1) is 0 Å². The molecule has 1 unspecified atom stereocenters. The van der Waals surface area contributed by atoms with Gasteiger partial charge in [-0.2, -0.15) is 0 Å². The zero-order chi connectivity index (χ0) is 14.0. The molecule has 0 spiro atoms. The summed E-state index contributed by atoms with van der Waals surface area (Å²) in [4.78, 5) is 25.6. The van der Waals surface area contributed by atoms with Crippen molar-refractivity contribution >= 4 is 11.9 Å². The summed E-state index contributed by atoms with van der Waals surface area (Å²) in [5.41, 5.74) is 1.18. The molecular formula is C14H22N2O3. The van der Waals surface area contributed by atoms with Crippen molar-refractivity contribution in [1.82, 2.24) is 10.2 Å². The molecule has 1 atom stereocenters. The second-order valence-electron chi connectivity index (χ2n) is 5.60. The lowest BCUT2D eigenvalue weighted by Gasteiger charge is -2.40. The van der Waals surface area contributed by atoms with Crippen molar-refractivity contribution in [3.63, 3.8) is 0 Å². The summed E-state index contributed by atoms with van der Waals surface area (Å²) >= 11 is 0. The largest absolute Gasteiger partial charge is 0.481 e. The average molecular weight is 266 g/mol. The first-order valence-electron chi connectivity index (χ1n) is 6.92. The number of carboxylic acids is 1. The van der Waals surface area contributed by atoms with Gasteiger partial charge in [-0.1, -0.05) is 6.92 Å². The summed E-state index contributed by atoms with van der Waals surface area (Å²) in [6, 6.07) is 0. The van der Waals surface area contributed by atoms with Crippen LogP contribution in [0.3, 0.4) is 0 Å². The monoisotopic (exact) mass is 266 g/mol. The van der Waals surface area contributed by atoms with E-state index in [-0.39, 0.29) is 5.91 Å². The number of piperidine rings is 1. The smallest absolute Gasteiger partial charge is 0.311 e. The van der Waals surface area contributed by atoms with E-state index in [1.54, 1.807) is 4.90 Å². The Morgan fingerprint density at radius 1 is 1.42 bits per heavy atom. The molecule has 2 fully saturated rings. The van der Waals surface area contributed by atoms with Gasteiger partial charge in [-0.05, 0) is 31.8 Å². The molecule has 106 valence electrons. The molecule has 0 saturated carbocycles. The van der Waals surface area contributed by atoms with Crippen molar-refractivity contribution in [2.24, 2.45) is 5.41 Å². The number of hydrogen-bond acceptors (Lipinski definition) is 3. The number of carbonyl (C=O) groups is 2. The number of nitrogens with one attached hydrogen (secondary N) is 1. The van der Waals surface area contributed by atoms with Gasteiger partial charge in [0.25, 0.3) is 0 Å². The van der Waals surface area contributed by atoms with Gasteiger partial charge < -0.3 is 15.3 Å². The quantitative estimate of drug-likeness (QED) is 0.748. The maximum absolute atomic E-state index is 12.4. The van der Waals surface area contributed by atoms with Crippen LogP contribution in [0.15, 0.2) is 11.1 Å². The zero-order valence-corrected chi connectivity index (χ0v) is 11.7.